The summed E-state index contributed by atoms with van der Waals surface area (Å²) in [7, 11) is 0. The number of nitrogens with one attached hydrogen (secondary N) is 2. The topological polar surface area (TPSA) is 117 Å². The molecular formula is C12H10N4O5S. The molecule has 9 nitrogen and oxygen atoms in total. The summed E-state index contributed by atoms with van der Waals surface area (Å²) < 4.78 is 2.94. The zero-order valence-corrected chi connectivity index (χ0v) is 11.9. The van der Waals surface area contributed by atoms with E-state index in [0.29, 0.717) is 5.06 Å². The summed E-state index contributed by atoms with van der Waals surface area (Å²) in [5.41, 5.74) is 4.79. The Kier molecular flexibility index (Phi) is 4.73. The van der Waals surface area contributed by atoms with Crippen LogP contribution in [0.3, 0.4) is 0 Å². The average molecular weight is 322 g/mol. The van der Waals surface area contributed by atoms with Crippen LogP contribution in [0.4, 0.5) is 10.5 Å². The number of benzene rings is 1. The molecule has 1 aromatic carbocycles. The summed E-state index contributed by atoms with van der Waals surface area (Å²) in [6.07, 6.45) is 0.00477. The number of hydrogen-bond acceptors (Lipinski definition) is 7. The summed E-state index contributed by atoms with van der Waals surface area (Å²) in [5.74, 6) is -2.08. The van der Waals surface area contributed by atoms with Crippen LogP contribution in [0.1, 0.15) is 23.2 Å². The van der Waals surface area contributed by atoms with Crippen molar-refractivity contribution in [2.24, 2.45) is 4.36 Å². The first-order valence-corrected chi connectivity index (χ1v) is 6.46. The fraction of sp³-hybridized carbons (Fsp3) is 0.167. The lowest BCUT2D eigenvalue weighted by Crippen LogP contribution is -2.33. The van der Waals surface area contributed by atoms with Crippen LogP contribution >= 0.6 is 0 Å². The molecule has 0 radical (unpaired) electrons. The number of imide groups is 1. The van der Waals surface area contributed by atoms with Gasteiger partial charge in [0.25, 0.3) is 11.8 Å². The molecule has 2 rings (SSSR count). The van der Waals surface area contributed by atoms with Crippen molar-refractivity contribution in [3.05, 3.63) is 29.8 Å². The van der Waals surface area contributed by atoms with Gasteiger partial charge in [-0.05, 0) is 12.1 Å². The molecule has 0 aliphatic carbocycles. The number of carbonyl (C=O) groups is 4. The van der Waals surface area contributed by atoms with Crippen molar-refractivity contribution in [1.29, 1.82) is 0 Å². The van der Waals surface area contributed by atoms with Crippen LogP contribution in [-0.4, -0.2) is 28.9 Å². The molecule has 1 aliphatic heterocycles. The second kappa shape index (κ2) is 6.72. The van der Waals surface area contributed by atoms with Crippen molar-refractivity contribution in [2.45, 2.75) is 12.8 Å². The van der Waals surface area contributed by atoms with E-state index in [1.807, 2.05) is 0 Å². The maximum atomic E-state index is 12.1. The van der Waals surface area contributed by atoms with Crippen molar-refractivity contribution in [1.82, 2.24) is 10.5 Å². The van der Waals surface area contributed by atoms with Gasteiger partial charge in [0.15, 0.2) is 0 Å². The van der Waals surface area contributed by atoms with Gasteiger partial charge >= 0.3 is 12.0 Å². The Balaban J connectivity index is 2.12. The van der Waals surface area contributed by atoms with E-state index >= 15 is 0 Å². The van der Waals surface area contributed by atoms with Crippen molar-refractivity contribution < 1.29 is 24.0 Å². The largest absolute Gasteiger partial charge is 0.370 e. The Morgan fingerprint density at radius 3 is 2.45 bits per heavy atom. The first-order chi connectivity index (χ1) is 10.5. The minimum atomic E-state index is -0.920. The van der Waals surface area contributed by atoms with Gasteiger partial charge in [-0.25, -0.2) is 15.0 Å². The zero-order valence-electron chi connectivity index (χ0n) is 11.1. The molecule has 1 aliphatic rings. The van der Waals surface area contributed by atoms with Crippen LogP contribution in [-0.2, 0) is 26.9 Å². The first-order valence-electron chi connectivity index (χ1n) is 6.09. The van der Waals surface area contributed by atoms with Crippen molar-refractivity contribution in [3.63, 3.8) is 0 Å². The summed E-state index contributed by atoms with van der Waals surface area (Å²) >= 11 is 4.20. The molecule has 22 heavy (non-hydrogen) atoms. The SMILES string of the molecule is O=C(N=S)NNc1ccccc1C(=O)ON1C(=O)CCC1=O. The number of amides is 4. The maximum Gasteiger partial charge on any atom is 0.370 e. The summed E-state index contributed by atoms with van der Waals surface area (Å²) in [6, 6.07) is 5.21. The van der Waals surface area contributed by atoms with Crippen LogP contribution in [0.15, 0.2) is 28.6 Å². The third-order valence-corrected chi connectivity index (χ3v) is 2.88. The molecule has 114 valence electrons. The standard InChI is InChI=1S/C12H10N4O5S/c17-9-5-6-10(18)16(9)21-11(19)7-3-1-2-4-8(7)13-14-12(20)15-22/h1-4,13H,5-6H2,(H,14,20). The molecule has 4 amide bonds. The zero-order chi connectivity index (χ0) is 16.1. The lowest BCUT2D eigenvalue weighted by molar-refractivity contribution is -0.172. The Labute approximate surface area is 129 Å². The van der Waals surface area contributed by atoms with E-state index in [1.54, 1.807) is 12.1 Å². The highest BCUT2D eigenvalue weighted by Crippen LogP contribution is 2.18. The molecule has 1 heterocycles. The van der Waals surface area contributed by atoms with E-state index in [-0.39, 0.29) is 24.1 Å². The van der Waals surface area contributed by atoms with E-state index in [1.165, 1.54) is 12.1 Å². The molecule has 0 atom stereocenters. The summed E-state index contributed by atoms with van der Waals surface area (Å²) in [6.45, 7) is 0. The average Bonchev–Trinajstić information content (AvgIpc) is 2.84. The number of urea groups is 1. The van der Waals surface area contributed by atoms with Crippen LogP contribution in [0.25, 0.3) is 0 Å². The van der Waals surface area contributed by atoms with E-state index in [4.69, 9.17) is 4.84 Å². The van der Waals surface area contributed by atoms with Gasteiger partial charge < -0.3 is 4.84 Å². The van der Waals surface area contributed by atoms with Gasteiger partial charge in [-0.15, -0.1) is 9.43 Å². The Morgan fingerprint density at radius 1 is 1.18 bits per heavy atom. The predicted octanol–water partition coefficient (Wildman–Crippen LogP) is 0.674. The second-order valence-electron chi connectivity index (χ2n) is 4.15. The van der Waals surface area contributed by atoms with E-state index in [0.717, 1.165) is 0 Å². The van der Waals surface area contributed by atoms with Crippen molar-refractivity contribution in [2.75, 3.05) is 5.43 Å². The van der Waals surface area contributed by atoms with Crippen molar-refractivity contribution >= 4 is 41.9 Å². The lowest BCUT2D eigenvalue weighted by atomic mass is 10.2. The number of nitrogens with zero attached hydrogens (tertiary/aromatic N) is 2. The van der Waals surface area contributed by atoms with E-state index < -0.39 is 23.8 Å². The minimum Gasteiger partial charge on any atom is -0.325 e. The number of hydrazine groups is 1. The number of para-hydroxylation sites is 1. The molecule has 0 spiro atoms. The Hall–Kier alpha value is -2.88. The summed E-state index contributed by atoms with van der Waals surface area (Å²) in [5, 5.41) is 0.441. The van der Waals surface area contributed by atoms with Crippen LogP contribution < -0.4 is 10.9 Å². The molecule has 1 fully saturated rings. The molecule has 1 saturated heterocycles. The van der Waals surface area contributed by atoms with Gasteiger partial charge in [0.1, 0.15) is 0 Å². The summed E-state index contributed by atoms with van der Waals surface area (Å²) in [4.78, 5) is 50.7. The quantitative estimate of drug-likeness (QED) is 0.618. The predicted molar refractivity (Wildman–Crippen MR) is 74.9 cm³/mol. The van der Waals surface area contributed by atoms with Crippen LogP contribution in [0, 0.1) is 0 Å². The smallest absolute Gasteiger partial charge is 0.325 e. The molecular weight excluding hydrogens is 312 g/mol. The number of carbonyl (C=O) groups excluding carboxylic acids is 4. The van der Waals surface area contributed by atoms with Gasteiger partial charge in [0, 0.05) is 25.3 Å². The van der Waals surface area contributed by atoms with Gasteiger partial charge in [0.2, 0.25) is 0 Å². The second-order valence-corrected chi connectivity index (χ2v) is 4.34. The highest BCUT2D eigenvalue weighted by Gasteiger charge is 2.33. The van der Waals surface area contributed by atoms with Gasteiger partial charge in [-0.3, -0.25) is 15.0 Å². The number of rotatable bonds is 4. The van der Waals surface area contributed by atoms with E-state index in [9.17, 15) is 19.2 Å². The lowest BCUT2D eigenvalue weighted by Gasteiger charge is -2.15. The molecule has 2 N–H and O–H groups in total. The van der Waals surface area contributed by atoms with Crippen LogP contribution in [0.2, 0.25) is 0 Å². The number of anilines is 1. The highest BCUT2D eigenvalue weighted by atomic mass is 32.1. The molecule has 0 unspecified atom stereocenters. The molecule has 0 saturated carbocycles. The number of hydroxylamine groups is 2. The van der Waals surface area contributed by atoms with Gasteiger partial charge in [-0.1, -0.05) is 12.1 Å². The molecule has 0 bridgehead atoms. The highest BCUT2D eigenvalue weighted by molar-refractivity contribution is 7.47. The minimum absolute atomic E-state index is 0.00239. The molecule has 10 heteroatoms. The fourth-order valence-electron chi connectivity index (χ4n) is 1.70. The Morgan fingerprint density at radius 2 is 1.82 bits per heavy atom. The third kappa shape index (κ3) is 3.41. The molecule has 1 aromatic rings. The Bertz CT molecular complexity index is 647. The van der Waals surface area contributed by atoms with Crippen LogP contribution in [0.5, 0.6) is 0 Å². The maximum absolute atomic E-state index is 12.1. The fourth-order valence-corrected chi connectivity index (χ4v) is 1.75. The normalized spacial score (nSPS) is 13.7. The first kappa shape index (κ1) is 15.5. The van der Waals surface area contributed by atoms with Crippen molar-refractivity contribution in [3.8, 4) is 0 Å². The van der Waals surface area contributed by atoms with Gasteiger partial charge in [0.05, 0.1) is 11.3 Å². The van der Waals surface area contributed by atoms with E-state index in [2.05, 4.69) is 27.6 Å². The molecule has 0 aromatic heterocycles. The third-order valence-electron chi connectivity index (χ3n) is 2.71. The van der Waals surface area contributed by atoms with Gasteiger partial charge in [-0.2, -0.15) is 0 Å². The monoisotopic (exact) mass is 322 g/mol. The number of hydrogen-bond donors (Lipinski definition) is 2.